The Balaban J connectivity index is 1.20. The molecule has 6 rings (SSSR count). The first-order valence-corrected chi connectivity index (χ1v) is 14.4. The molecular weight excluding hydrogens is 485 g/mol. The van der Waals surface area contributed by atoms with Gasteiger partial charge in [0.1, 0.15) is 11.9 Å². The minimum Gasteiger partial charge on any atom is -0.456 e. The molecule has 6 aliphatic rings. The van der Waals surface area contributed by atoms with Gasteiger partial charge >= 0.3 is 12.1 Å². The van der Waals surface area contributed by atoms with E-state index in [1.165, 1.54) is 0 Å². The maximum Gasteiger partial charge on any atom is 0.490 e. The number of Topliss-reactive ketones (excluding diaryl/α,β-unsaturated/α-hetero) is 1. The maximum atomic E-state index is 14.0. The number of esters is 1. The lowest BCUT2D eigenvalue weighted by Gasteiger charge is -2.60. The summed E-state index contributed by atoms with van der Waals surface area (Å²) in [4.78, 5) is 25.5. The molecule has 0 aromatic rings. The predicted molar refractivity (Wildman–Crippen MR) is 128 cm³/mol. The molecule has 0 unspecified atom stereocenters. The molecule has 0 N–H and O–H groups in total. The highest BCUT2D eigenvalue weighted by atomic mass is 19.4. The van der Waals surface area contributed by atoms with Gasteiger partial charge in [-0.2, -0.15) is 13.2 Å². The smallest absolute Gasteiger partial charge is 0.456 e. The highest BCUT2D eigenvalue weighted by Gasteiger charge is 2.70. The van der Waals surface area contributed by atoms with Crippen molar-refractivity contribution >= 4 is 11.8 Å². The third-order valence-corrected chi connectivity index (χ3v) is 12.1. The van der Waals surface area contributed by atoms with Crippen molar-refractivity contribution in [2.24, 2.45) is 52.3 Å². The molecule has 4 aliphatic carbocycles. The molecule has 8 heteroatoms. The molecule has 12 atom stereocenters. The molecule has 208 valence electrons. The van der Waals surface area contributed by atoms with Gasteiger partial charge in [0.05, 0.1) is 12.7 Å². The standard InChI is InChI=1S/C29H41F3O5/c1-15-7-10-28(35-14-15)16(2)23-22(37-28)12-20-19-6-5-17-11-18(36-25(34)29(30,31)32)8-9-26(17,3)24(19)21(33)13-27(20,23)4/h15-20,22-24H,5-14H2,1-4H3/t15-,16+,17-,18+,19+,20-,22-,23-,24+,26+,27+,28-/m1/s1. The van der Waals surface area contributed by atoms with Crippen molar-refractivity contribution in [3.63, 3.8) is 0 Å². The van der Waals surface area contributed by atoms with E-state index in [2.05, 4.69) is 27.7 Å². The molecule has 0 radical (unpaired) electrons. The molecule has 1 spiro atoms. The highest BCUT2D eigenvalue weighted by molar-refractivity contribution is 5.84. The first-order valence-electron chi connectivity index (χ1n) is 14.4. The van der Waals surface area contributed by atoms with Gasteiger partial charge in [-0.15, -0.1) is 0 Å². The van der Waals surface area contributed by atoms with Crippen molar-refractivity contribution in [1.29, 1.82) is 0 Å². The second-order valence-electron chi connectivity index (χ2n) is 13.9. The van der Waals surface area contributed by atoms with Crippen molar-refractivity contribution in [2.45, 2.75) is 110 Å². The lowest BCUT2D eigenvalue weighted by atomic mass is 9.44. The summed E-state index contributed by atoms with van der Waals surface area (Å²) < 4.78 is 56.3. The van der Waals surface area contributed by atoms with Crippen molar-refractivity contribution in [3.05, 3.63) is 0 Å². The molecule has 0 aromatic heterocycles. The van der Waals surface area contributed by atoms with Crippen LogP contribution in [0.5, 0.6) is 0 Å². The van der Waals surface area contributed by atoms with Crippen LogP contribution in [0, 0.1) is 52.3 Å². The van der Waals surface area contributed by atoms with Gasteiger partial charge in [0.15, 0.2) is 5.79 Å². The number of hydrogen-bond donors (Lipinski definition) is 0. The fourth-order valence-corrected chi connectivity index (χ4v) is 10.4. The molecule has 2 aliphatic heterocycles. The third-order valence-electron chi connectivity index (χ3n) is 12.1. The average molecular weight is 527 g/mol. The van der Waals surface area contributed by atoms with Gasteiger partial charge in [0.25, 0.3) is 0 Å². The number of carbonyl (C=O) groups excluding carboxylic acids is 2. The van der Waals surface area contributed by atoms with E-state index in [1.807, 2.05) is 0 Å². The monoisotopic (exact) mass is 526 g/mol. The van der Waals surface area contributed by atoms with Gasteiger partial charge in [0, 0.05) is 24.7 Å². The Morgan fingerprint density at radius 2 is 1.78 bits per heavy atom. The molecule has 2 saturated heterocycles. The van der Waals surface area contributed by atoms with E-state index in [4.69, 9.17) is 14.2 Å². The molecule has 2 heterocycles. The fraction of sp³-hybridized carbons (Fsp3) is 0.931. The van der Waals surface area contributed by atoms with E-state index < -0.39 is 24.0 Å². The number of alkyl halides is 3. The first-order chi connectivity index (χ1) is 17.3. The zero-order chi connectivity index (χ0) is 26.5. The van der Waals surface area contributed by atoms with Crippen LogP contribution in [0.3, 0.4) is 0 Å². The normalized spacial score (nSPS) is 53.3. The Bertz CT molecular complexity index is 958. The summed E-state index contributed by atoms with van der Waals surface area (Å²) in [5.41, 5.74) is -0.364. The summed E-state index contributed by atoms with van der Waals surface area (Å²) in [6, 6.07) is 0. The minimum atomic E-state index is -4.97. The van der Waals surface area contributed by atoms with E-state index in [-0.39, 0.29) is 40.6 Å². The van der Waals surface area contributed by atoms with Gasteiger partial charge in [-0.1, -0.05) is 27.7 Å². The van der Waals surface area contributed by atoms with Crippen LogP contribution in [0.25, 0.3) is 0 Å². The van der Waals surface area contributed by atoms with Crippen LogP contribution in [0.15, 0.2) is 0 Å². The number of rotatable bonds is 1. The van der Waals surface area contributed by atoms with Gasteiger partial charge in [0.2, 0.25) is 0 Å². The number of halogens is 3. The highest BCUT2D eigenvalue weighted by Crippen LogP contribution is 2.70. The molecule has 5 nitrogen and oxygen atoms in total. The van der Waals surface area contributed by atoms with E-state index in [0.29, 0.717) is 49.2 Å². The molecule has 0 bridgehead atoms. The predicted octanol–water partition coefficient (Wildman–Crippen LogP) is 6.09. The quantitative estimate of drug-likeness (QED) is 0.387. The molecule has 0 aromatic carbocycles. The second-order valence-corrected chi connectivity index (χ2v) is 13.9. The number of ether oxygens (including phenoxy) is 3. The largest absolute Gasteiger partial charge is 0.490 e. The molecule has 0 amide bonds. The third kappa shape index (κ3) is 3.77. The first kappa shape index (κ1) is 26.1. The van der Waals surface area contributed by atoms with E-state index >= 15 is 0 Å². The Labute approximate surface area is 217 Å². The molecule has 6 fully saturated rings. The van der Waals surface area contributed by atoms with Gasteiger partial charge < -0.3 is 14.2 Å². The van der Waals surface area contributed by atoms with Gasteiger partial charge in [-0.3, -0.25) is 4.79 Å². The summed E-state index contributed by atoms with van der Waals surface area (Å²) in [6.45, 7) is 9.72. The zero-order valence-electron chi connectivity index (χ0n) is 22.4. The zero-order valence-corrected chi connectivity index (χ0v) is 22.4. The number of ketones is 1. The fourth-order valence-electron chi connectivity index (χ4n) is 10.4. The number of hydrogen-bond acceptors (Lipinski definition) is 5. The second kappa shape index (κ2) is 8.42. The summed E-state index contributed by atoms with van der Waals surface area (Å²) >= 11 is 0. The molecule has 37 heavy (non-hydrogen) atoms. The Morgan fingerprint density at radius 3 is 2.46 bits per heavy atom. The number of fused-ring (bicyclic) bond motifs is 7. The van der Waals surface area contributed by atoms with E-state index in [1.54, 1.807) is 0 Å². The van der Waals surface area contributed by atoms with Crippen LogP contribution in [-0.4, -0.2) is 42.5 Å². The van der Waals surface area contributed by atoms with Crippen LogP contribution in [-0.2, 0) is 23.8 Å². The topological polar surface area (TPSA) is 61.8 Å². The van der Waals surface area contributed by atoms with E-state index in [0.717, 1.165) is 38.7 Å². The van der Waals surface area contributed by atoms with Crippen LogP contribution in [0.2, 0.25) is 0 Å². The van der Waals surface area contributed by atoms with E-state index in [9.17, 15) is 22.8 Å². The lowest BCUT2D eigenvalue weighted by molar-refractivity contribution is -0.272. The maximum absolute atomic E-state index is 14.0. The lowest BCUT2D eigenvalue weighted by Crippen LogP contribution is -2.58. The van der Waals surface area contributed by atoms with Gasteiger partial charge in [-0.05, 0) is 85.4 Å². The number of carbonyl (C=O) groups is 2. The minimum absolute atomic E-state index is 0.0709. The summed E-state index contributed by atoms with van der Waals surface area (Å²) in [7, 11) is 0. The van der Waals surface area contributed by atoms with Crippen LogP contribution in [0.1, 0.15) is 85.5 Å². The van der Waals surface area contributed by atoms with Crippen LogP contribution < -0.4 is 0 Å². The van der Waals surface area contributed by atoms with Crippen molar-refractivity contribution in [2.75, 3.05) is 6.61 Å². The van der Waals surface area contributed by atoms with Crippen molar-refractivity contribution < 1.29 is 37.0 Å². The summed E-state index contributed by atoms with van der Waals surface area (Å²) in [6.07, 6.45) is 1.17. The average Bonchev–Trinajstić information content (AvgIpc) is 3.25. The Hall–Kier alpha value is -1.15. The Morgan fingerprint density at radius 1 is 1.03 bits per heavy atom. The van der Waals surface area contributed by atoms with Crippen molar-refractivity contribution in [3.8, 4) is 0 Å². The molecular formula is C29H41F3O5. The van der Waals surface area contributed by atoms with Crippen LogP contribution >= 0.6 is 0 Å². The summed E-state index contributed by atoms with van der Waals surface area (Å²) in [5, 5.41) is 0. The van der Waals surface area contributed by atoms with Crippen molar-refractivity contribution in [1.82, 2.24) is 0 Å². The van der Waals surface area contributed by atoms with Crippen LogP contribution in [0.4, 0.5) is 13.2 Å². The summed E-state index contributed by atoms with van der Waals surface area (Å²) in [5.74, 6) is -0.464. The Kier molecular flexibility index (Phi) is 5.94. The van der Waals surface area contributed by atoms with Gasteiger partial charge in [-0.25, -0.2) is 4.79 Å². The SMILES string of the molecule is C[C@@H]1CC[C@@]2(OC1)O[C@@H]1C[C@@H]3[C@@H]4CC[C@@H]5C[C@@H](OC(=O)C(F)(F)F)CC[C@]5(C)[C@@H]4C(=O)C[C@]3(C)[C@@H]1[C@@H]2C. The molecule has 4 saturated carbocycles.